The van der Waals surface area contributed by atoms with Crippen LogP contribution in [0.2, 0.25) is 0 Å². The first-order chi connectivity index (χ1) is 28.9. The van der Waals surface area contributed by atoms with Crippen LogP contribution in [0.1, 0.15) is 36.5 Å². The molecule has 0 amide bonds. The van der Waals surface area contributed by atoms with Gasteiger partial charge >= 0.3 is 0 Å². The van der Waals surface area contributed by atoms with Gasteiger partial charge in [-0.1, -0.05) is 110 Å². The van der Waals surface area contributed by atoms with Crippen molar-refractivity contribution in [2.45, 2.75) is 53.2 Å². The molecule has 0 radical (unpaired) electrons. The third-order valence-electron chi connectivity index (χ3n) is 11.7. The van der Waals surface area contributed by atoms with Crippen molar-refractivity contribution in [1.82, 2.24) is 0 Å². The van der Waals surface area contributed by atoms with Gasteiger partial charge in [-0.15, -0.1) is 0 Å². The number of furan rings is 1. The maximum absolute atomic E-state index is 6.61. The lowest BCUT2D eigenvalue weighted by atomic mass is 9.98. The molecule has 0 saturated carbocycles. The summed E-state index contributed by atoms with van der Waals surface area (Å²) in [5, 5.41) is 2.17. The Kier molecular flexibility index (Phi) is 8.61. The highest BCUT2D eigenvalue weighted by Gasteiger charge is 2.36. The van der Waals surface area contributed by atoms with Crippen LogP contribution in [-0.4, -0.2) is 0 Å². The van der Waals surface area contributed by atoms with Crippen LogP contribution >= 0.6 is 23.5 Å². The Morgan fingerprint density at radius 1 is 0.542 bits per heavy atom. The monoisotopic (exact) mass is 799 g/mol. The van der Waals surface area contributed by atoms with Gasteiger partial charge in [-0.25, -0.2) is 0 Å². The molecular formula is C53H41N3OS2. The number of fused-ring (bicyclic) bond motifs is 7. The molecule has 0 unspecified atom stereocenters. The minimum atomic E-state index is 0.332. The predicted molar refractivity (Wildman–Crippen MR) is 250 cm³/mol. The first kappa shape index (κ1) is 35.8. The Balaban J connectivity index is 1.08. The van der Waals surface area contributed by atoms with Crippen LogP contribution in [0.25, 0.3) is 21.9 Å². The third kappa shape index (κ3) is 5.84. The molecule has 2 aliphatic rings. The van der Waals surface area contributed by atoms with Gasteiger partial charge in [-0.05, 0) is 134 Å². The molecule has 0 bridgehead atoms. The number of aryl methyl sites for hydroxylation is 1. The van der Waals surface area contributed by atoms with Crippen LogP contribution in [0.4, 0.5) is 51.2 Å². The summed E-state index contributed by atoms with van der Waals surface area (Å²) >= 11 is 3.68. The Hall–Kier alpha value is -6.34. The van der Waals surface area contributed by atoms with Crippen molar-refractivity contribution in [1.29, 1.82) is 0 Å². The molecule has 0 aliphatic carbocycles. The lowest BCUT2D eigenvalue weighted by Gasteiger charge is -2.43. The van der Waals surface area contributed by atoms with Crippen molar-refractivity contribution >= 4 is 96.6 Å². The van der Waals surface area contributed by atoms with E-state index >= 15 is 0 Å². The summed E-state index contributed by atoms with van der Waals surface area (Å²) < 4.78 is 6.61. The molecule has 0 N–H and O–H groups in total. The minimum absolute atomic E-state index is 0.332. The smallest absolute Gasteiger partial charge is 0.135 e. The highest BCUT2D eigenvalue weighted by molar-refractivity contribution is 8.00. The molecule has 0 spiro atoms. The summed E-state index contributed by atoms with van der Waals surface area (Å²) in [6.45, 7) is 9.01. The van der Waals surface area contributed by atoms with Crippen LogP contribution < -0.4 is 14.7 Å². The normalized spacial score (nSPS) is 12.8. The van der Waals surface area contributed by atoms with Crippen LogP contribution in [0.5, 0.6) is 0 Å². The van der Waals surface area contributed by atoms with Crippen molar-refractivity contribution in [3.05, 3.63) is 187 Å². The van der Waals surface area contributed by atoms with E-state index in [1.807, 2.05) is 23.5 Å². The third-order valence-corrected chi connectivity index (χ3v) is 14.1. The minimum Gasteiger partial charge on any atom is -0.456 e. The van der Waals surface area contributed by atoms with Gasteiger partial charge in [0.1, 0.15) is 11.2 Å². The summed E-state index contributed by atoms with van der Waals surface area (Å²) in [4.78, 5) is 12.4. The van der Waals surface area contributed by atoms with Gasteiger partial charge < -0.3 is 19.1 Å². The van der Waals surface area contributed by atoms with Crippen molar-refractivity contribution in [3.8, 4) is 0 Å². The van der Waals surface area contributed by atoms with Gasteiger partial charge in [0.05, 0.1) is 34.1 Å². The van der Waals surface area contributed by atoms with Crippen molar-refractivity contribution in [3.63, 3.8) is 0 Å². The molecule has 6 heteroatoms. The van der Waals surface area contributed by atoms with Crippen LogP contribution in [0.3, 0.4) is 0 Å². The summed E-state index contributed by atoms with van der Waals surface area (Å²) in [5.41, 5.74) is 16.0. The summed E-state index contributed by atoms with van der Waals surface area (Å²) in [6, 6.07) is 61.7. The van der Waals surface area contributed by atoms with Crippen molar-refractivity contribution in [2.24, 2.45) is 0 Å². The average Bonchev–Trinajstić information content (AvgIpc) is 3.63. The zero-order valence-corrected chi connectivity index (χ0v) is 34.9. The number of para-hydroxylation sites is 5. The van der Waals surface area contributed by atoms with Gasteiger partial charge in [0.15, 0.2) is 0 Å². The van der Waals surface area contributed by atoms with E-state index in [2.05, 4.69) is 212 Å². The first-order valence-electron chi connectivity index (χ1n) is 20.2. The predicted octanol–water partition coefficient (Wildman–Crippen LogP) is 16.7. The Morgan fingerprint density at radius 2 is 1.17 bits per heavy atom. The van der Waals surface area contributed by atoms with Crippen LogP contribution in [0, 0.1) is 13.8 Å². The second-order valence-corrected chi connectivity index (χ2v) is 17.8. The van der Waals surface area contributed by atoms with Gasteiger partial charge in [-0.3, -0.25) is 0 Å². The topological polar surface area (TPSA) is 22.9 Å². The molecule has 2 aliphatic heterocycles. The number of hydrogen-bond donors (Lipinski definition) is 0. The second-order valence-electron chi connectivity index (χ2n) is 15.6. The van der Waals surface area contributed by atoms with Gasteiger partial charge in [0.2, 0.25) is 0 Å². The quantitative estimate of drug-likeness (QED) is 0.159. The lowest BCUT2D eigenvalue weighted by molar-refractivity contribution is 0.669. The number of hydrogen-bond acceptors (Lipinski definition) is 6. The zero-order chi connectivity index (χ0) is 39.8. The molecule has 3 heterocycles. The van der Waals surface area contributed by atoms with Crippen LogP contribution in [-0.2, 0) is 0 Å². The first-order valence-corrected chi connectivity index (χ1v) is 21.8. The molecule has 4 nitrogen and oxygen atoms in total. The van der Waals surface area contributed by atoms with E-state index in [-0.39, 0.29) is 0 Å². The van der Waals surface area contributed by atoms with E-state index in [4.69, 9.17) is 4.42 Å². The highest BCUT2D eigenvalue weighted by atomic mass is 32.2. The summed E-state index contributed by atoms with van der Waals surface area (Å²) in [7, 11) is 0. The zero-order valence-electron chi connectivity index (χ0n) is 33.3. The highest BCUT2D eigenvalue weighted by Crippen LogP contribution is 2.61. The van der Waals surface area contributed by atoms with Crippen LogP contribution in [0.15, 0.2) is 194 Å². The van der Waals surface area contributed by atoms with E-state index in [9.17, 15) is 0 Å². The maximum atomic E-state index is 6.61. The van der Waals surface area contributed by atoms with Gasteiger partial charge in [-0.2, -0.15) is 0 Å². The Labute approximate surface area is 353 Å². The van der Waals surface area contributed by atoms with Gasteiger partial charge in [0, 0.05) is 47.4 Å². The van der Waals surface area contributed by atoms with E-state index in [0.717, 1.165) is 56.1 Å². The fourth-order valence-electron chi connectivity index (χ4n) is 8.83. The maximum Gasteiger partial charge on any atom is 0.135 e. The summed E-state index contributed by atoms with van der Waals surface area (Å²) in [5.74, 6) is 0.332. The largest absolute Gasteiger partial charge is 0.456 e. The second kappa shape index (κ2) is 14.2. The van der Waals surface area contributed by atoms with E-state index in [0.29, 0.717) is 5.92 Å². The van der Waals surface area contributed by atoms with Crippen molar-refractivity contribution in [2.75, 3.05) is 14.7 Å². The number of rotatable bonds is 7. The lowest BCUT2D eigenvalue weighted by Crippen LogP contribution is -2.26. The van der Waals surface area contributed by atoms with Gasteiger partial charge in [0.25, 0.3) is 0 Å². The molecular weight excluding hydrogens is 759 g/mol. The number of anilines is 9. The Bertz CT molecular complexity index is 3110. The number of benzene rings is 8. The van der Waals surface area contributed by atoms with E-state index in [1.165, 1.54) is 53.3 Å². The van der Waals surface area contributed by atoms with E-state index < -0.39 is 0 Å². The average molecular weight is 800 g/mol. The fourth-order valence-corrected chi connectivity index (χ4v) is 10.9. The Morgan fingerprint density at radius 3 is 2.00 bits per heavy atom. The molecule has 8 aromatic carbocycles. The molecule has 286 valence electrons. The molecule has 9 aromatic rings. The molecule has 1 aromatic heterocycles. The fraction of sp³-hybridized carbons (Fsp3) is 0.0943. The molecule has 0 fully saturated rings. The van der Waals surface area contributed by atoms with Crippen molar-refractivity contribution < 1.29 is 4.42 Å². The summed E-state index contributed by atoms with van der Waals surface area (Å²) in [6.07, 6.45) is 0. The molecule has 59 heavy (non-hydrogen) atoms. The molecule has 0 saturated heterocycles. The van der Waals surface area contributed by atoms with E-state index in [1.54, 1.807) is 0 Å². The SMILES string of the molecule is Cc1ccccc1Sc1cccc(N(c2ccc3oc4ccc(N5c6ccccc6N6c7ccccc7Sc7cccc5c76)cc4c3c2)c2ccccc2C(C)C)c1C. The number of nitrogens with zero attached hydrogens (tertiary/aromatic N) is 3. The standard InChI is InChI=1S/C53H41N3OS2/c1-33(2)38-16-6-7-17-42(38)54(41-21-13-25-50(35(41)4)58-49-23-11-5-15-34(49)3)36-27-29-47-39(31-36)40-32-37(28-30-48(40)57-47)55-43-18-8-9-19-44(43)56-45-20-10-12-24-51(45)59-52-26-14-22-46(55)53(52)56/h5-33H,1-4H3. The molecule has 11 rings (SSSR count). The molecule has 0 atom stereocenters.